The molecule has 0 saturated heterocycles. The maximum Gasteiger partial charge on any atom is 0.167 e. The summed E-state index contributed by atoms with van der Waals surface area (Å²) < 4.78 is 15.9. The fraction of sp³-hybridized carbons (Fsp3) is 0.0678. The average molecular weight is 837 g/mol. The molecular weight excluding hydrogens is 797 g/mol. The highest BCUT2D eigenvalue weighted by molar-refractivity contribution is 6.15. The standard InChI is InChI=1S/C59H40N4O2/c1-3-39(41-21-8-9-22-42(41)40-20-7-4-17-35(40)2)57-60-58(47-27-16-26-46-44-24-11-14-29-53(44)64-55(46)47)62-59(61-57)50-34-38(33-49-45-25-12-15-30-54(45)65-56(49)50)63-51-28-13-10-23-43(51)48-31-36-18-5-6-19-37(36)32-52(48)63/h4-34,39H,3H2,1-2H3/t39-/m0/s1. The predicted molar refractivity (Wildman–Crippen MR) is 266 cm³/mol. The molecule has 0 radical (unpaired) electrons. The molecule has 6 heteroatoms. The van der Waals surface area contributed by atoms with Crippen molar-refractivity contribution in [2.75, 3.05) is 0 Å². The maximum atomic E-state index is 6.87. The number of aryl methyl sites for hydroxylation is 1. The van der Waals surface area contributed by atoms with Gasteiger partial charge in [-0.3, -0.25) is 0 Å². The van der Waals surface area contributed by atoms with E-state index in [1.165, 1.54) is 38.2 Å². The zero-order chi connectivity index (χ0) is 43.2. The van der Waals surface area contributed by atoms with Crippen molar-refractivity contribution in [2.45, 2.75) is 26.2 Å². The largest absolute Gasteiger partial charge is 0.455 e. The quantitative estimate of drug-likeness (QED) is 0.160. The van der Waals surface area contributed by atoms with Gasteiger partial charge in [0.2, 0.25) is 0 Å². The number of hydrogen-bond donors (Lipinski definition) is 0. The van der Waals surface area contributed by atoms with Gasteiger partial charge in [-0.05, 0) is 94.9 Å². The van der Waals surface area contributed by atoms with Gasteiger partial charge >= 0.3 is 0 Å². The number of fused-ring (bicyclic) bond motifs is 10. The highest BCUT2D eigenvalue weighted by Gasteiger charge is 2.26. The van der Waals surface area contributed by atoms with E-state index in [1.807, 2.05) is 30.3 Å². The van der Waals surface area contributed by atoms with Crippen LogP contribution >= 0.6 is 0 Å². The van der Waals surface area contributed by atoms with Gasteiger partial charge in [0.05, 0.1) is 22.2 Å². The summed E-state index contributed by atoms with van der Waals surface area (Å²) in [6, 6.07) is 66.3. The van der Waals surface area contributed by atoms with E-state index in [0.717, 1.165) is 83.7 Å². The first-order chi connectivity index (χ1) is 32.1. The SMILES string of the molecule is CC[C@H](c1nc(-c2cccc3c2oc2ccccc23)nc(-c2cc(-n3c4ccccc4c4cc5ccccc5cc43)cc3c2oc2ccccc23)n1)c1ccccc1-c1ccccc1C. The smallest absolute Gasteiger partial charge is 0.167 e. The molecule has 1 atom stereocenters. The van der Waals surface area contributed by atoms with Crippen LogP contribution in [0.4, 0.5) is 0 Å². The van der Waals surface area contributed by atoms with Gasteiger partial charge in [-0.15, -0.1) is 0 Å². The Hall–Kier alpha value is -8.35. The molecule has 9 aromatic carbocycles. The van der Waals surface area contributed by atoms with Gasteiger partial charge in [0.25, 0.3) is 0 Å². The molecule has 0 saturated carbocycles. The number of aromatic nitrogens is 4. The normalized spacial score (nSPS) is 12.5. The molecule has 0 aliphatic heterocycles. The van der Waals surface area contributed by atoms with Gasteiger partial charge in [0, 0.05) is 43.9 Å². The molecule has 4 heterocycles. The second kappa shape index (κ2) is 14.6. The first-order valence-electron chi connectivity index (χ1n) is 22.3. The Kier molecular flexibility index (Phi) is 8.37. The minimum atomic E-state index is -0.166. The molecule has 0 bridgehead atoms. The van der Waals surface area contributed by atoms with Crippen molar-refractivity contribution in [3.8, 4) is 39.6 Å². The minimum Gasteiger partial charge on any atom is -0.455 e. The van der Waals surface area contributed by atoms with Crippen LogP contribution in [-0.4, -0.2) is 19.5 Å². The van der Waals surface area contributed by atoms with Crippen molar-refractivity contribution in [3.05, 3.63) is 205 Å². The second-order valence-electron chi connectivity index (χ2n) is 17.0. The van der Waals surface area contributed by atoms with E-state index in [4.69, 9.17) is 23.8 Å². The number of nitrogens with zero attached hydrogens (tertiary/aromatic N) is 4. The van der Waals surface area contributed by atoms with Gasteiger partial charge in [-0.25, -0.2) is 15.0 Å². The monoisotopic (exact) mass is 836 g/mol. The summed E-state index contributed by atoms with van der Waals surface area (Å²) in [5, 5.41) is 8.85. The van der Waals surface area contributed by atoms with Gasteiger partial charge < -0.3 is 13.4 Å². The molecule has 0 fully saturated rings. The lowest BCUT2D eigenvalue weighted by atomic mass is 9.87. The molecule has 13 rings (SSSR count). The number of benzene rings is 9. The highest BCUT2D eigenvalue weighted by atomic mass is 16.3. The van der Waals surface area contributed by atoms with Crippen molar-refractivity contribution < 1.29 is 8.83 Å². The number of furan rings is 2. The van der Waals surface area contributed by atoms with E-state index in [9.17, 15) is 0 Å². The predicted octanol–water partition coefficient (Wildman–Crippen LogP) is 15.8. The van der Waals surface area contributed by atoms with Crippen molar-refractivity contribution in [3.63, 3.8) is 0 Å². The Morgan fingerprint density at radius 2 is 1.03 bits per heavy atom. The van der Waals surface area contributed by atoms with Crippen LogP contribution in [0.2, 0.25) is 0 Å². The molecule has 0 spiro atoms. The first-order valence-corrected chi connectivity index (χ1v) is 22.3. The molecule has 65 heavy (non-hydrogen) atoms. The van der Waals surface area contributed by atoms with Crippen LogP contribution in [0, 0.1) is 6.92 Å². The van der Waals surface area contributed by atoms with Crippen LogP contribution in [0.5, 0.6) is 0 Å². The third-order valence-corrected chi connectivity index (χ3v) is 13.3. The van der Waals surface area contributed by atoms with E-state index in [1.54, 1.807) is 0 Å². The van der Waals surface area contributed by atoms with Gasteiger partial charge in [-0.1, -0.05) is 146 Å². The van der Waals surface area contributed by atoms with Crippen molar-refractivity contribution in [1.29, 1.82) is 0 Å². The van der Waals surface area contributed by atoms with E-state index < -0.39 is 0 Å². The molecule has 0 unspecified atom stereocenters. The molecule has 6 nitrogen and oxygen atoms in total. The van der Waals surface area contributed by atoms with E-state index in [2.05, 4.69) is 176 Å². The number of hydrogen-bond acceptors (Lipinski definition) is 5. The third kappa shape index (κ3) is 5.84. The molecule has 0 N–H and O–H groups in total. The summed E-state index contributed by atoms with van der Waals surface area (Å²) in [6.07, 6.45) is 0.760. The van der Waals surface area contributed by atoms with E-state index >= 15 is 0 Å². The third-order valence-electron chi connectivity index (χ3n) is 13.3. The van der Waals surface area contributed by atoms with Crippen LogP contribution in [0.25, 0.3) is 116 Å². The van der Waals surface area contributed by atoms with Gasteiger partial charge in [0.1, 0.15) is 28.2 Å². The summed E-state index contributed by atoms with van der Waals surface area (Å²) in [6.45, 7) is 4.39. The molecule has 0 aliphatic carbocycles. The fourth-order valence-corrected chi connectivity index (χ4v) is 10.2. The molecule has 4 aromatic heterocycles. The Morgan fingerprint density at radius 1 is 0.446 bits per heavy atom. The van der Waals surface area contributed by atoms with E-state index in [-0.39, 0.29) is 5.92 Å². The lowest BCUT2D eigenvalue weighted by Gasteiger charge is -2.20. The van der Waals surface area contributed by atoms with Crippen molar-refractivity contribution in [2.24, 2.45) is 0 Å². The van der Waals surface area contributed by atoms with Crippen LogP contribution in [0.15, 0.2) is 197 Å². The second-order valence-corrected chi connectivity index (χ2v) is 17.0. The summed E-state index contributed by atoms with van der Waals surface area (Å²) in [5.41, 5.74) is 12.6. The average Bonchev–Trinajstić information content (AvgIpc) is 4.03. The van der Waals surface area contributed by atoms with Crippen molar-refractivity contribution >= 4 is 76.5 Å². The van der Waals surface area contributed by atoms with Crippen LogP contribution in [0.3, 0.4) is 0 Å². The lowest BCUT2D eigenvalue weighted by Crippen LogP contribution is -2.11. The van der Waals surface area contributed by atoms with Crippen LogP contribution in [0.1, 0.15) is 36.2 Å². The van der Waals surface area contributed by atoms with Crippen LogP contribution < -0.4 is 0 Å². The fourth-order valence-electron chi connectivity index (χ4n) is 10.2. The zero-order valence-electron chi connectivity index (χ0n) is 35.8. The summed E-state index contributed by atoms with van der Waals surface area (Å²) in [7, 11) is 0. The van der Waals surface area contributed by atoms with Gasteiger partial charge in [0.15, 0.2) is 11.6 Å². The summed E-state index contributed by atoms with van der Waals surface area (Å²) in [5.74, 6) is 1.59. The Labute approximate surface area is 374 Å². The minimum absolute atomic E-state index is 0.166. The lowest BCUT2D eigenvalue weighted by molar-refractivity contribution is 0.667. The topological polar surface area (TPSA) is 69.9 Å². The molecule has 13 aromatic rings. The zero-order valence-corrected chi connectivity index (χ0v) is 35.8. The summed E-state index contributed by atoms with van der Waals surface area (Å²) >= 11 is 0. The molecule has 0 aliphatic rings. The van der Waals surface area contributed by atoms with Crippen LogP contribution in [-0.2, 0) is 0 Å². The highest BCUT2D eigenvalue weighted by Crippen LogP contribution is 2.43. The first kappa shape index (κ1) is 37.2. The number of rotatable bonds is 7. The summed E-state index contributed by atoms with van der Waals surface area (Å²) in [4.78, 5) is 16.4. The Bertz CT molecular complexity index is 4040. The maximum absolute atomic E-state index is 6.87. The molecule has 308 valence electrons. The number of para-hydroxylation sites is 4. The van der Waals surface area contributed by atoms with E-state index in [0.29, 0.717) is 17.5 Å². The van der Waals surface area contributed by atoms with Crippen molar-refractivity contribution in [1.82, 2.24) is 19.5 Å². The Morgan fingerprint density at radius 3 is 1.80 bits per heavy atom. The van der Waals surface area contributed by atoms with Gasteiger partial charge in [-0.2, -0.15) is 0 Å². The molecular formula is C59H40N4O2. The Balaban J connectivity index is 1.12. The molecule has 0 amide bonds.